The topological polar surface area (TPSA) is 61.3 Å². The summed E-state index contributed by atoms with van der Waals surface area (Å²) in [4.78, 5) is 2.52. The van der Waals surface area contributed by atoms with E-state index in [0.717, 1.165) is 38.1 Å². The Morgan fingerprint density at radius 3 is 2.50 bits per heavy atom. The predicted molar refractivity (Wildman–Crippen MR) is 100 cm³/mol. The molecule has 2 aromatic rings. The number of nitrogens with one attached hydrogen (secondary N) is 1. The van der Waals surface area contributed by atoms with Crippen LogP contribution >= 0.6 is 0 Å². The van der Waals surface area contributed by atoms with Crippen LogP contribution in [0.3, 0.4) is 0 Å². The first-order chi connectivity index (χ1) is 13.3. The molecular formula is C20H23F3N4O. The molecule has 1 aromatic heterocycles. The number of benzene rings is 1. The van der Waals surface area contributed by atoms with E-state index >= 15 is 0 Å². The van der Waals surface area contributed by atoms with E-state index < -0.39 is 17.5 Å². The fourth-order valence-corrected chi connectivity index (χ4v) is 4.46. The van der Waals surface area contributed by atoms with Gasteiger partial charge < -0.3 is 10.4 Å². The Hall–Kier alpha value is -2.35. The summed E-state index contributed by atoms with van der Waals surface area (Å²) < 4.78 is 38.7. The molecule has 0 bridgehead atoms. The lowest BCUT2D eigenvalue weighted by Gasteiger charge is -2.37. The monoisotopic (exact) mass is 392 g/mol. The smallest absolute Gasteiger partial charge is 0.416 e. The minimum absolute atomic E-state index is 0.270. The van der Waals surface area contributed by atoms with Gasteiger partial charge in [0.2, 0.25) is 0 Å². The summed E-state index contributed by atoms with van der Waals surface area (Å²) in [5.74, 6) is 0.197. The van der Waals surface area contributed by atoms with Gasteiger partial charge in [0.1, 0.15) is 11.6 Å². The summed E-state index contributed by atoms with van der Waals surface area (Å²) in [6, 6.07) is 6.05. The minimum atomic E-state index is -4.51. The largest absolute Gasteiger partial charge is 0.507 e. The SMILES string of the molecule is Cc1cc(C(F)(F)F)cc(O)c1-c1ccc(N[C@@H]2CCCN3CCC[C@H]23)nn1. The Balaban J connectivity index is 1.54. The van der Waals surface area contributed by atoms with E-state index in [1.54, 1.807) is 12.1 Å². The molecule has 0 radical (unpaired) electrons. The van der Waals surface area contributed by atoms with Gasteiger partial charge in [0, 0.05) is 17.6 Å². The molecule has 2 aliphatic rings. The molecule has 2 atom stereocenters. The van der Waals surface area contributed by atoms with Crippen molar-refractivity contribution in [2.24, 2.45) is 0 Å². The molecule has 0 spiro atoms. The number of fused-ring (bicyclic) bond motifs is 1. The number of halogens is 3. The van der Waals surface area contributed by atoms with Crippen LogP contribution in [0.25, 0.3) is 11.3 Å². The van der Waals surface area contributed by atoms with Gasteiger partial charge in [-0.05, 0) is 75.5 Å². The molecule has 2 fully saturated rings. The first-order valence-corrected chi connectivity index (χ1v) is 9.58. The minimum Gasteiger partial charge on any atom is -0.507 e. The van der Waals surface area contributed by atoms with Crippen LogP contribution in [0, 0.1) is 6.92 Å². The summed E-state index contributed by atoms with van der Waals surface area (Å²) in [6.45, 7) is 3.83. The highest BCUT2D eigenvalue weighted by atomic mass is 19.4. The molecule has 0 amide bonds. The summed E-state index contributed by atoms with van der Waals surface area (Å²) in [5.41, 5.74) is 0.0409. The van der Waals surface area contributed by atoms with Gasteiger partial charge in [-0.15, -0.1) is 10.2 Å². The molecule has 2 saturated heterocycles. The lowest BCUT2D eigenvalue weighted by atomic mass is 9.96. The lowest BCUT2D eigenvalue weighted by Crippen LogP contribution is -2.47. The molecule has 0 saturated carbocycles. The molecular weight excluding hydrogens is 369 g/mol. The molecule has 150 valence electrons. The number of phenolic OH excluding ortho intramolecular Hbond substituents is 1. The Morgan fingerprint density at radius 1 is 1.11 bits per heavy atom. The van der Waals surface area contributed by atoms with Crippen molar-refractivity contribution in [2.45, 2.75) is 50.9 Å². The van der Waals surface area contributed by atoms with Crippen molar-refractivity contribution in [2.75, 3.05) is 18.4 Å². The summed E-state index contributed by atoms with van der Waals surface area (Å²) in [7, 11) is 0. The maximum atomic E-state index is 12.9. The van der Waals surface area contributed by atoms with Crippen molar-refractivity contribution < 1.29 is 18.3 Å². The Morgan fingerprint density at radius 2 is 1.86 bits per heavy atom. The van der Waals surface area contributed by atoms with Gasteiger partial charge in [-0.25, -0.2) is 0 Å². The van der Waals surface area contributed by atoms with Gasteiger partial charge in [0.15, 0.2) is 0 Å². The fraction of sp³-hybridized carbons (Fsp3) is 0.500. The van der Waals surface area contributed by atoms with Gasteiger partial charge >= 0.3 is 6.18 Å². The third kappa shape index (κ3) is 3.65. The summed E-state index contributed by atoms with van der Waals surface area (Å²) in [6.07, 6.45) is 0.137. The van der Waals surface area contributed by atoms with Crippen LogP contribution in [0.1, 0.15) is 36.8 Å². The van der Waals surface area contributed by atoms with Crippen molar-refractivity contribution in [3.8, 4) is 17.0 Å². The van der Waals surface area contributed by atoms with Crippen molar-refractivity contribution in [1.29, 1.82) is 0 Å². The number of nitrogens with zero attached hydrogens (tertiary/aromatic N) is 3. The van der Waals surface area contributed by atoms with Crippen LogP contribution in [-0.4, -0.2) is 45.4 Å². The molecule has 3 heterocycles. The summed E-state index contributed by atoms with van der Waals surface area (Å²) in [5, 5.41) is 21.9. The molecule has 5 nitrogen and oxygen atoms in total. The first kappa shape index (κ1) is 19.0. The molecule has 0 unspecified atom stereocenters. The van der Waals surface area contributed by atoms with Gasteiger partial charge in [-0.1, -0.05) is 0 Å². The van der Waals surface area contributed by atoms with Gasteiger partial charge in [-0.3, -0.25) is 4.90 Å². The molecule has 2 N–H and O–H groups in total. The number of hydrogen-bond donors (Lipinski definition) is 2. The maximum absolute atomic E-state index is 12.9. The van der Waals surface area contributed by atoms with Crippen LogP contribution in [0.4, 0.5) is 19.0 Å². The van der Waals surface area contributed by atoms with E-state index in [9.17, 15) is 18.3 Å². The number of anilines is 1. The second-order valence-electron chi connectivity index (χ2n) is 7.63. The number of phenols is 1. The normalized spacial score (nSPS) is 22.9. The van der Waals surface area contributed by atoms with Crippen LogP contribution in [0.2, 0.25) is 0 Å². The zero-order valence-corrected chi connectivity index (χ0v) is 15.6. The Labute approximate surface area is 161 Å². The third-order valence-corrected chi connectivity index (χ3v) is 5.74. The highest BCUT2D eigenvalue weighted by Crippen LogP contribution is 2.38. The van der Waals surface area contributed by atoms with Gasteiger partial charge in [-0.2, -0.15) is 13.2 Å². The maximum Gasteiger partial charge on any atom is 0.416 e. The van der Waals surface area contributed by atoms with Crippen LogP contribution in [0.5, 0.6) is 5.75 Å². The number of aryl methyl sites for hydroxylation is 1. The van der Waals surface area contributed by atoms with Crippen molar-refractivity contribution >= 4 is 5.82 Å². The second-order valence-corrected chi connectivity index (χ2v) is 7.63. The van der Waals surface area contributed by atoms with Crippen molar-refractivity contribution in [3.05, 3.63) is 35.4 Å². The van der Waals surface area contributed by atoms with E-state index in [0.29, 0.717) is 29.2 Å². The quantitative estimate of drug-likeness (QED) is 0.819. The van der Waals surface area contributed by atoms with E-state index in [1.807, 2.05) is 0 Å². The highest BCUT2D eigenvalue weighted by molar-refractivity contribution is 5.71. The highest BCUT2D eigenvalue weighted by Gasteiger charge is 2.35. The number of hydrogen-bond acceptors (Lipinski definition) is 5. The number of aromatic hydroxyl groups is 1. The van der Waals surface area contributed by atoms with Crippen LogP contribution in [0.15, 0.2) is 24.3 Å². The van der Waals surface area contributed by atoms with Crippen LogP contribution in [-0.2, 0) is 6.18 Å². The summed E-state index contributed by atoms with van der Waals surface area (Å²) >= 11 is 0. The Bertz CT molecular complexity index is 831. The van der Waals surface area contributed by atoms with E-state index in [1.165, 1.54) is 19.8 Å². The predicted octanol–water partition coefficient (Wildman–Crippen LogP) is 4.22. The average Bonchev–Trinajstić information content (AvgIpc) is 3.11. The molecule has 1 aromatic carbocycles. The molecule has 28 heavy (non-hydrogen) atoms. The van der Waals surface area contributed by atoms with Crippen molar-refractivity contribution in [3.63, 3.8) is 0 Å². The van der Waals surface area contributed by atoms with Crippen molar-refractivity contribution in [1.82, 2.24) is 15.1 Å². The standard InChI is InChI=1S/C20H23F3N4O/c1-12-10-13(20(21,22)23)11-17(28)19(12)15-6-7-18(26-25-15)24-14-4-2-8-27-9-3-5-16(14)27/h6-7,10-11,14,16,28H,2-5,8-9H2,1H3,(H,24,26)/t14-,16-/m1/s1. The average molecular weight is 392 g/mol. The zero-order chi connectivity index (χ0) is 19.9. The van der Waals surface area contributed by atoms with E-state index in [-0.39, 0.29) is 5.56 Å². The number of aromatic nitrogens is 2. The van der Waals surface area contributed by atoms with Crippen LogP contribution < -0.4 is 5.32 Å². The van der Waals surface area contributed by atoms with E-state index in [4.69, 9.17) is 0 Å². The molecule has 4 rings (SSSR count). The number of alkyl halides is 3. The number of rotatable bonds is 3. The molecule has 8 heteroatoms. The second kappa shape index (κ2) is 7.24. The molecule has 2 aliphatic heterocycles. The van der Waals surface area contributed by atoms with Gasteiger partial charge in [0.05, 0.1) is 11.3 Å². The first-order valence-electron chi connectivity index (χ1n) is 9.58. The Kier molecular flexibility index (Phi) is 4.91. The third-order valence-electron chi connectivity index (χ3n) is 5.74. The van der Waals surface area contributed by atoms with Gasteiger partial charge in [0.25, 0.3) is 0 Å². The zero-order valence-electron chi connectivity index (χ0n) is 15.6. The van der Waals surface area contributed by atoms with E-state index in [2.05, 4.69) is 20.4 Å². The number of piperidine rings is 1. The molecule has 0 aliphatic carbocycles. The fourth-order valence-electron chi connectivity index (χ4n) is 4.46. The lowest BCUT2D eigenvalue weighted by molar-refractivity contribution is -0.137.